The van der Waals surface area contributed by atoms with Crippen LogP contribution in [0.2, 0.25) is 0 Å². The summed E-state index contributed by atoms with van der Waals surface area (Å²) in [7, 11) is -2.08. The molecule has 142 valence electrons. The summed E-state index contributed by atoms with van der Waals surface area (Å²) >= 11 is 0. The molecular formula is C18H20N4O4S. The summed E-state index contributed by atoms with van der Waals surface area (Å²) in [5.41, 5.74) is 0.646. The zero-order valence-electron chi connectivity index (χ0n) is 14.9. The van der Waals surface area contributed by atoms with E-state index in [4.69, 9.17) is 4.74 Å². The molecule has 4 rings (SSSR count). The molecule has 0 spiro atoms. The van der Waals surface area contributed by atoms with Gasteiger partial charge in [-0.3, -0.25) is 0 Å². The van der Waals surface area contributed by atoms with Crippen molar-refractivity contribution in [2.45, 2.75) is 24.3 Å². The second-order valence-electron chi connectivity index (χ2n) is 6.47. The minimum absolute atomic E-state index is 0.0671. The molecule has 0 atom stereocenters. The van der Waals surface area contributed by atoms with E-state index >= 15 is 0 Å². The predicted molar refractivity (Wildman–Crippen MR) is 99.5 cm³/mol. The van der Waals surface area contributed by atoms with Gasteiger partial charge in [-0.15, -0.1) is 5.10 Å². The lowest BCUT2D eigenvalue weighted by atomic mass is 10.2. The third-order valence-corrected chi connectivity index (χ3v) is 6.67. The highest BCUT2D eigenvalue weighted by atomic mass is 32.2. The Kier molecular flexibility index (Phi) is 4.48. The number of pyridine rings is 1. The Bertz CT molecular complexity index is 1130. The second-order valence-corrected chi connectivity index (χ2v) is 8.37. The van der Waals surface area contributed by atoms with Crippen LogP contribution in [0.15, 0.2) is 52.3 Å². The first kappa shape index (κ1) is 17.7. The first-order valence-electron chi connectivity index (χ1n) is 8.72. The van der Waals surface area contributed by atoms with Crippen LogP contribution in [0.4, 0.5) is 0 Å². The molecule has 0 aliphatic carbocycles. The van der Waals surface area contributed by atoms with Crippen molar-refractivity contribution in [1.82, 2.24) is 18.5 Å². The van der Waals surface area contributed by atoms with Gasteiger partial charge in [0.2, 0.25) is 10.0 Å². The molecule has 3 aromatic rings. The van der Waals surface area contributed by atoms with Crippen LogP contribution in [0.1, 0.15) is 18.4 Å². The van der Waals surface area contributed by atoms with Gasteiger partial charge in [-0.1, -0.05) is 12.1 Å². The first-order valence-corrected chi connectivity index (χ1v) is 10.2. The molecule has 1 aliphatic rings. The molecule has 1 aliphatic heterocycles. The highest BCUT2D eigenvalue weighted by molar-refractivity contribution is 7.89. The van der Waals surface area contributed by atoms with Gasteiger partial charge in [0.1, 0.15) is 10.6 Å². The normalized spacial score (nSPS) is 15.4. The zero-order chi connectivity index (χ0) is 19.0. The average Bonchev–Trinajstić information content (AvgIpc) is 3.32. The Morgan fingerprint density at radius 3 is 2.48 bits per heavy atom. The van der Waals surface area contributed by atoms with E-state index in [9.17, 15) is 13.2 Å². The molecule has 3 heterocycles. The van der Waals surface area contributed by atoms with Crippen molar-refractivity contribution in [3.8, 4) is 5.75 Å². The van der Waals surface area contributed by atoms with Crippen LogP contribution in [-0.4, -0.2) is 47.1 Å². The topological polar surface area (TPSA) is 85.9 Å². The van der Waals surface area contributed by atoms with Crippen molar-refractivity contribution in [3.63, 3.8) is 0 Å². The largest absolute Gasteiger partial charge is 0.497 e. The van der Waals surface area contributed by atoms with Crippen LogP contribution < -0.4 is 10.4 Å². The molecule has 1 saturated heterocycles. The van der Waals surface area contributed by atoms with Crippen LogP contribution in [0, 0.1) is 0 Å². The van der Waals surface area contributed by atoms with Gasteiger partial charge in [0, 0.05) is 19.3 Å². The van der Waals surface area contributed by atoms with Gasteiger partial charge in [-0.05, 0) is 42.7 Å². The Balaban J connectivity index is 1.76. The SMILES string of the molecule is COc1ccc(Cn2nc3c(S(=O)(=O)N4CCCC4)cccn3c2=O)cc1. The van der Waals surface area contributed by atoms with E-state index < -0.39 is 10.0 Å². The van der Waals surface area contributed by atoms with Gasteiger partial charge in [-0.2, -0.15) is 4.31 Å². The second kappa shape index (κ2) is 6.82. The summed E-state index contributed by atoms with van der Waals surface area (Å²) < 4.78 is 35.0. The van der Waals surface area contributed by atoms with Crippen LogP contribution >= 0.6 is 0 Å². The predicted octanol–water partition coefficient (Wildman–Crippen LogP) is 1.34. The molecule has 1 fully saturated rings. The Morgan fingerprint density at radius 2 is 1.81 bits per heavy atom. The van der Waals surface area contributed by atoms with Gasteiger partial charge in [0.15, 0.2) is 5.65 Å². The standard InChI is InChI=1S/C18H20N4O4S/c1-26-15-8-6-14(7-9-15)13-22-18(23)21-12-4-5-16(17(21)19-22)27(24,25)20-10-2-3-11-20/h4-9,12H,2-3,10-11,13H2,1H3. The minimum Gasteiger partial charge on any atom is -0.497 e. The van der Waals surface area contributed by atoms with Crippen LogP contribution in [-0.2, 0) is 16.6 Å². The highest BCUT2D eigenvalue weighted by Gasteiger charge is 2.30. The van der Waals surface area contributed by atoms with Gasteiger partial charge in [0.05, 0.1) is 13.7 Å². The number of benzene rings is 1. The van der Waals surface area contributed by atoms with Gasteiger partial charge < -0.3 is 4.74 Å². The fraction of sp³-hybridized carbons (Fsp3) is 0.333. The number of sulfonamides is 1. The maximum absolute atomic E-state index is 12.9. The maximum Gasteiger partial charge on any atom is 0.350 e. The third kappa shape index (κ3) is 3.13. The number of hydrogen-bond acceptors (Lipinski definition) is 5. The third-order valence-electron chi connectivity index (χ3n) is 4.75. The lowest BCUT2D eigenvalue weighted by molar-refractivity contribution is 0.414. The number of methoxy groups -OCH3 is 1. The minimum atomic E-state index is -3.67. The van der Waals surface area contributed by atoms with E-state index in [1.165, 1.54) is 25.7 Å². The van der Waals surface area contributed by atoms with Crippen molar-refractivity contribution in [2.75, 3.05) is 20.2 Å². The Labute approximate surface area is 156 Å². The van der Waals surface area contributed by atoms with Crippen molar-refractivity contribution in [2.24, 2.45) is 0 Å². The van der Waals surface area contributed by atoms with E-state index in [0.717, 1.165) is 24.2 Å². The van der Waals surface area contributed by atoms with Crippen molar-refractivity contribution < 1.29 is 13.2 Å². The summed E-state index contributed by atoms with van der Waals surface area (Å²) in [4.78, 5) is 12.8. The lowest BCUT2D eigenvalue weighted by Gasteiger charge is -2.15. The summed E-state index contributed by atoms with van der Waals surface area (Å²) in [6.45, 7) is 1.24. The van der Waals surface area contributed by atoms with Gasteiger partial charge >= 0.3 is 5.69 Å². The fourth-order valence-electron chi connectivity index (χ4n) is 3.29. The van der Waals surface area contributed by atoms with Gasteiger partial charge in [-0.25, -0.2) is 22.3 Å². The zero-order valence-corrected chi connectivity index (χ0v) is 15.7. The summed E-state index contributed by atoms with van der Waals surface area (Å²) in [6, 6.07) is 10.4. The molecule has 8 nitrogen and oxygen atoms in total. The molecule has 0 amide bonds. The molecule has 2 aromatic heterocycles. The van der Waals surface area contributed by atoms with Crippen molar-refractivity contribution >= 4 is 15.7 Å². The van der Waals surface area contributed by atoms with Crippen molar-refractivity contribution in [1.29, 1.82) is 0 Å². The number of rotatable bonds is 5. The molecule has 1 aromatic carbocycles. The molecular weight excluding hydrogens is 368 g/mol. The molecule has 0 unspecified atom stereocenters. The Morgan fingerprint density at radius 1 is 1.11 bits per heavy atom. The van der Waals surface area contributed by atoms with E-state index in [1.807, 2.05) is 12.1 Å². The number of nitrogens with zero attached hydrogens (tertiary/aromatic N) is 4. The van der Waals surface area contributed by atoms with Crippen LogP contribution in [0.3, 0.4) is 0 Å². The quantitative estimate of drug-likeness (QED) is 0.658. The lowest BCUT2D eigenvalue weighted by Crippen LogP contribution is -2.28. The van der Waals surface area contributed by atoms with E-state index in [-0.39, 0.29) is 22.8 Å². The summed E-state index contributed by atoms with van der Waals surface area (Å²) in [5.74, 6) is 0.722. The number of aromatic nitrogens is 3. The number of fused-ring (bicyclic) bond motifs is 1. The molecule has 0 bridgehead atoms. The van der Waals surface area contributed by atoms with E-state index in [0.29, 0.717) is 13.1 Å². The number of hydrogen-bond donors (Lipinski definition) is 0. The molecule has 27 heavy (non-hydrogen) atoms. The molecule has 0 N–H and O–H groups in total. The molecule has 0 saturated carbocycles. The summed E-state index contributed by atoms with van der Waals surface area (Å²) in [5, 5.41) is 4.32. The van der Waals surface area contributed by atoms with Gasteiger partial charge in [0.25, 0.3) is 0 Å². The van der Waals surface area contributed by atoms with Crippen LogP contribution in [0.25, 0.3) is 5.65 Å². The highest BCUT2D eigenvalue weighted by Crippen LogP contribution is 2.23. The first-order chi connectivity index (χ1) is 13.0. The Hall–Kier alpha value is -2.65. The van der Waals surface area contributed by atoms with Crippen LogP contribution in [0.5, 0.6) is 5.75 Å². The smallest absolute Gasteiger partial charge is 0.350 e. The maximum atomic E-state index is 12.9. The van der Waals surface area contributed by atoms with E-state index in [1.54, 1.807) is 25.3 Å². The monoisotopic (exact) mass is 388 g/mol. The molecule has 9 heteroatoms. The fourth-order valence-corrected chi connectivity index (χ4v) is 4.93. The van der Waals surface area contributed by atoms with Crippen molar-refractivity contribution in [3.05, 3.63) is 58.6 Å². The number of ether oxygens (including phenoxy) is 1. The summed E-state index contributed by atoms with van der Waals surface area (Å²) in [6.07, 6.45) is 3.24. The molecule has 0 radical (unpaired) electrons. The van der Waals surface area contributed by atoms with E-state index in [2.05, 4.69) is 5.10 Å². The average molecular weight is 388 g/mol.